The van der Waals surface area contributed by atoms with E-state index in [2.05, 4.69) is 25.9 Å². The molecule has 1 heterocycles. The number of hydrogen-bond acceptors (Lipinski definition) is 2. The Balaban J connectivity index is 2.99. The first-order chi connectivity index (χ1) is 5.96. The number of aliphatic hydroxyl groups excluding tert-OH is 1. The molecule has 0 spiro atoms. The molecule has 1 N–H and O–H groups in total. The first-order valence-corrected chi connectivity index (χ1v) is 4.67. The van der Waals surface area contributed by atoms with Crippen LogP contribution in [0.5, 0.6) is 0 Å². The number of aromatic nitrogens is 2. The minimum atomic E-state index is 0.00475. The van der Waals surface area contributed by atoms with Gasteiger partial charge >= 0.3 is 0 Å². The number of hydrogen-bond donors (Lipinski definition) is 1. The fourth-order valence-corrected chi connectivity index (χ4v) is 1.58. The van der Waals surface area contributed by atoms with E-state index in [-0.39, 0.29) is 12.0 Å². The Morgan fingerprint density at radius 1 is 1.54 bits per heavy atom. The van der Waals surface area contributed by atoms with Gasteiger partial charge < -0.3 is 5.11 Å². The Bertz CT molecular complexity index is 288. The van der Waals surface area contributed by atoms with Crippen LogP contribution in [0.4, 0.5) is 0 Å². The SMILES string of the molecule is CC(C)(C)c1cnn(CCO)c1Cl. The average molecular weight is 203 g/mol. The highest BCUT2D eigenvalue weighted by Gasteiger charge is 2.20. The molecular formula is C9H15ClN2O. The highest BCUT2D eigenvalue weighted by Crippen LogP contribution is 2.28. The lowest BCUT2D eigenvalue weighted by Gasteiger charge is -2.16. The Hall–Kier alpha value is -0.540. The van der Waals surface area contributed by atoms with Gasteiger partial charge in [0.1, 0.15) is 5.15 Å². The zero-order chi connectivity index (χ0) is 10.1. The van der Waals surface area contributed by atoms with Crippen LogP contribution in [-0.4, -0.2) is 21.5 Å². The summed E-state index contributed by atoms with van der Waals surface area (Å²) in [5.41, 5.74) is 1.02. The second-order valence-corrected chi connectivity index (χ2v) is 4.40. The van der Waals surface area contributed by atoms with Crippen molar-refractivity contribution in [2.45, 2.75) is 32.7 Å². The molecule has 0 bridgehead atoms. The van der Waals surface area contributed by atoms with Gasteiger partial charge in [-0.15, -0.1) is 0 Å². The van der Waals surface area contributed by atoms with Crippen molar-refractivity contribution in [3.05, 3.63) is 16.9 Å². The Kier molecular flexibility index (Phi) is 2.98. The van der Waals surface area contributed by atoms with Crippen LogP contribution in [0.1, 0.15) is 26.3 Å². The minimum Gasteiger partial charge on any atom is -0.394 e. The molecule has 0 radical (unpaired) electrons. The van der Waals surface area contributed by atoms with Crippen molar-refractivity contribution in [3.8, 4) is 0 Å². The van der Waals surface area contributed by atoms with E-state index in [1.54, 1.807) is 10.9 Å². The van der Waals surface area contributed by atoms with Crippen molar-refractivity contribution in [2.75, 3.05) is 6.61 Å². The summed E-state index contributed by atoms with van der Waals surface area (Å²) in [7, 11) is 0. The molecule has 0 saturated heterocycles. The fourth-order valence-electron chi connectivity index (χ4n) is 1.12. The van der Waals surface area contributed by atoms with Crippen LogP contribution < -0.4 is 0 Å². The molecule has 0 aromatic carbocycles. The van der Waals surface area contributed by atoms with Gasteiger partial charge in [-0.25, -0.2) is 0 Å². The summed E-state index contributed by atoms with van der Waals surface area (Å²) in [6, 6.07) is 0. The van der Waals surface area contributed by atoms with Gasteiger partial charge in [0.15, 0.2) is 0 Å². The van der Waals surface area contributed by atoms with Crippen LogP contribution in [0.15, 0.2) is 6.20 Å². The number of aliphatic hydroxyl groups is 1. The standard InChI is InChI=1S/C9H15ClN2O/c1-9(2,3)7-6-11-12(4-5-13)8(7)10/h6,13H,4-5H2,1-3H3. The van der Waals surface area contributed by atoms with Gasteiger partial charge in [-0.3, -0.25) is 4.68 Å². The van der Waals surface area contributed by atoms with Gasteiger partial charge in [-0.1, -0.05) is 32.4 Å². The maximum absolute atomic E-state index is 8.74. The van der Waals surface area contributed by atoms with Crippen LogP contribution in [0.3, 0.4) is 0 Å². The van der Waals surface area contributed by atoms with Gasteiger partial charge in [0, 0.05) is 5.56 Å². The quantitative estimate of drug-likeness (QED) is 0.795. The molecule has 3 nitrogen and oxygen atoms in total. The molecule has 1 aromatic rings. The van der Waals surface area contributed by atoms with Crippen LogP contribution in [0.25, 0.3) is 0 Å². The highest BCUT2D eigenvalue weighted by atomic mass is 35.5. The van der Waals surface area contributed by atoms with Crippen molar-refractivity contribution < 1.29 is 5.11 Å². The van der Waals surface area contributed by atoms with Gasteiger partial charge in [-0.2, -0.15) is 5.10 Å². The fraction of sp³-hybridized carbons (Fsp3) is 0.667. The number of rotatable bonds is 2. The summed E-state index contributed by atoms with van der Waals surface area (Å²) in [5.74, 6) is 0. The average Bonchev–Trinajstić information content (AvgIpc) is 2.32. The number of nitrogens with zero attached hydrogens (tertiary/aromatic N) is 2. The summed E-state index contributed by atoms with van der Waals surface area (Å²) in [6.07, 6.45) is 1.76. The maximum Gasteiger partial charge on any atom is 0.130 e. The maximum atomic E-state index is 8.74. The largest absolute Gasteiger partial charge is 0.394 e. The van der Waals surface area contributed by atoms with E-state index in [1.165, 1.54) is 0 Å². The smallest absolute Gasteiger partial charge is 0.130 e. The van der Waals surface area contributed by atoms with E-state index < -0.39 is 0 Å². The molecule has 0 fully saturated rings. The van der Waals surface area contributed by atoms with Crippen molar-refractivity contribution in [2.24, 2.45) is 0 Å². The van der Waals surface area contributed by atoms with Crippen molar-refractivity contribution in [1.82, 2.24) is 9.78 Å². The van der Waals surface area contributed by atoms with E-state index in [4.69, 9.17) is 16.7 Å². The predicted octanol–water partition coefficient (Wildman–Crippen LogP) is 1.83. The molecule has 74 valence electrons. The first-order valence-electron chi connectivity index (χ1n) is 4.29. The molecule has 0 aliphatic rings. The van der Waals surface area contributed by atoms with Crippen LogP contribution in [0.2, 0.25) is 5.15 Å². The third-order valence-corrected chi connectivity index (χ3v) is 2.29. The van der Waals surface area contributed by atoms with E-state index in [0.717, 1.165) is 5.56 Å². The summed E-state index contributed by atoms with van der Waals surface area (Å²) in [6.45, 7) is 6.76. The van der Waals surface area contributed by atoms with E-state index in [9.17, 15) is 0 Å². The Morgan fingerprint density at radius 2 is 2.15 bits per heavy atom. The van der Waals surface area contributed by atoms with Crippen LogP contribution >= 0.6 is 11.6 Å². The van der Waals surface area contributed by atoms with Gasteiger partial charge in [0.05, 0.1) is 19.3 Å². The Morgan fingerprint density at radius 3 is 2.54 bits per heavy atom. The molecule has 0 aliphatic heterocycles. The van der Waals surface area contributed by atoms with Gasteiger partial charge in [0.25, 0.3) is 0 Å². The molecule has 0 aliphatic carbocycles. The normalized spacial score (nSPS) is 12.1. The molecule has 0 saturated carbocycles. The van der Waals surface area contributed by atoms with Gasteiger partial charge in [-0.05, 0) is 5.41 Å². The van der Waals surface area contributed by atoms with E-state index in [1.807, 2.05) is 0 Å². The topological polar surface area (TPSA) is 38.0 Å². The molecule has 4 heteroatoms. The summed E-state index contributed by atoms with van der Waals surface area (Å²) in [4.78, 5) is 0. The van der Waals surface area contributed by atoms with Gasteiger partial charge in [0.2, 0.25) is 0 Å². The summed E-state index contributed by atoms with van der Waals surface area (Å²) >= 11 is 6.08. The highest BCUT2D eigenvalue weighted by molar-refractivity contribution is 6.30. The molecule has 0 unspecified atom stereocenters. The van der Waals surface area contributed by atoms with E-state index >= 15 is 0 Å². The third-order valence-electron chi connectivity index (χ3n) is 1.89. The molecule has 13 heavy (non-hydrogen) atoms. The molecular weight excluding hydrogens is 188 g/mol. The zero-order valence-electron chi connectivity index (χ0n) is 8.21. The molecule has 1 aromatic heterocycles. The predicted molar refractivity (Wildman–Crippen MR) is 53.0 cm³/mol. The van der Waals surface area contributed by atoms with Crippen molar-refractivity contribution in [3.63, 3.8) is 0 Å². The second-order valence-electron chi connectivity index (χ2n) is 4.05. The summed E-state index contributed by atoms with van der Waals surface area (Å²) in [5, 5.41) is 13.5. The molecule has 0 amide bonds. The lowest BCUT2D eigenvalue weighted by Crippen LogP contribution is -2.11. The zero-order valence-corrected chi connectivity index (χ0v) is 8.97. The monoisotopic (exact) mass is 202 g/mol. The van der Waals surface area contributed by atoms with Crippen LogP contribution in [0, 0.1) is 0 Å². The van der Waals surface area contributed by atoms with E-state index in [0.29, 0.717) is 11.7 Å². The van der Waals surface area contributed by atoms with Crippen LogP contribution in [-0.2, 0) is 12.0 Å². The van der Waals surface area contributed by atoms with Crippen molar-refractivity contribution >= 4 is 11.6 Å². The molecule has 0 atom stereocenters. The lowest BCUT2D eigenvalue weighted by molar-refractivity contribution is 0.269. The lowest BCUT2D eigenvalue weighted by atomic mass is 9.90. The Labute approximate surface area is 83.3 Å². The number of halogens is 1. The molecule has 1 rings (SSSR count). The summed E-state index contributed by atoms with van der Waals surface area (Å²) < 4.78 is 1.61. The van der Waals surface area contributed by atoms with Crippen molar-refractivity contribution in [1.29, 1.82) is 0 Å². The minimum absolute atomic E-state index is 0.00475. The third kappa shape index (κ3) is 2.23. The first kappa shape index (κ1) is 10.5. The second kappa shape index (κ2) is 3.68.